The molecular weight excluding hydrogens is 456 g/mol. The highest BCUT2D eigenvalue weighted by atomic mass is 16.5. The predicted molar refractivity (Wildman–Crippen MR) is 155 cm³/mol. The summed E-state index contributed by atoms with van der Waals surface area (Å²) in [5.41, 5.74) is 2.52. The largest absolute Gasteiger partial charge is 0.374 e. The summed E-state index contributed by atoms with van der Waals surface area (Å²) in [6.45, 7) is 6.48. The lowest BCUT2D eigenvalue weighted by Crippen LogP contribution is -2.12. The Morgan fingerprint density at radius 3 is 2.00 bits per heavy atom. The maximum Gasteiger partial charge on any atom is 0.193 e. The van der Waals surface area contributed by atoms with Crippen molar-refractivity contribution < 1.29 is 14.3 Å². The molecule has 0 spiro atoms. The lowest BCUT2D eigenvalue weighted by Gasteiger charge is -2.21. The van der Waals surface area contributed by atoms with Gasteiger partial charge < -0.3 is 4.74 Å². The number of unbranched alkanes of at least 4 members (excludes halogenated alkanes) is 11. The normalized spacial score (nSPS) is 11.8. The summed E-state index contributed by atoms with van der Waals surface area (Å²) in [6.07, 6.45) is 18.5. The fraction of sp³-hybridized carbons (Fsp3) is 0.529. The zero-order chi connectivity index (χ0) is 26.6. The Kier molecular flexibility index (Phi) is 16.2. The van der Waals surface area contributed by atoms with E-state index in [0.717, 1.165) is 55.4 Å². The number of rotatable bonds is 22. The molecule has 2 aromatic carbocycles. The van der Waals surface area contributed by atoms with Crippen LogP contribution in [-0.4, -0.2) is 18.2 Å². The molecule has 0 heterocycles. The van der Waals surface area contributed by atoms with Crippen molar-refractivity contribution in [1.82, 2.24) is 0 Å². The van der Waals surface area contributed by atoms with Crippen LogP contribution in [0.5, 0.6) is 0 Å². The minimum atomic E-state index is -0.0336. The highest BCUT2D eigenvalue weighted by Gasteiger charge is 2.20. The van der Waals surface area contributed by atoms with Crippen LogP contribution in [0.4, 0.5) is 0 Å². The van der Waals surface area contributed by atoms with Gasteiger partial charge in [-0.25, -0.2) is 0 Å². The van der Waals surface area contributed by atoms with Crippen LogP contribution >= 0.6 is 0 Å². The Hall–Kier alpha value is -2.52. The molecule has 2 aromatic rings. The zero-order valence-electron chi connectivity index (χ0n) is 23.1. The maximum atomic E-state index is 13.3. The number of benzene rings is 2. The monoisotopic (exact) mass is 504 g/mol. The highest BCUT2D eigenvalue weighted by Crippen LogP contribution is 2.29. The number of carbonyl (C=O) groups is 2. The average Bonchev–Trinajstić information content (AvgIpc) is 2.94. The Balaban J connectivity index is 1.78. The summed E-state index contributed by atoms with van der Waals surface area (Å²) < 4.78 is 6.39. The van der Waals surface area contributed by atoms with E-state index in [-0.39, 0.29) is 17.7 Å². The molecule has 0 N–H and O–H groups in total. The molecule has 0 aliphatic heterocycles. The molecule has 0 aliphatic carbocycles. The van der Waals surface area contributed by atoms with Gasteiger partial charge in [-0.15, -0.1) is 0 Å². The van der Waals surface area contributed by atoms with Gasteiger partial charge in [-0.2, -0.15) is 0 Å². The molecule has 3 heteroatoms. The summed E-state index contributed by atoms with van der Waals surface area (Å²) in [7, 11) is 0. The van der Waals surface area contributed by atoms with Crippen molar-refractivity contribution in [2.45, 2.75) is 109 Å². The lowest BCUT2D eigenvalue weighted by molar-refractivity contribution is -0.114. The summed E-state index contributed by atoms with van der Waals surface area (Å²) in [6, 6.07) is 17.6. The van der Waals surface area contributed by atoms with E-state index in [2.05, 4.69) is 19.6 Å². The SMILES string of the molecule is C=CC(=O)CCCCCCCCCCCCC(OCCCCC)c1ccccc1C(=O)c1ccccc1. The van der Waals surface area contributed by atoms with Gasteiger partial charge in [-0.1, -0.05) is 139 Å². The van der Waals surface area contributed by atoms with Gasteiger partial charge in [0.1, 0.15) is 0 Å². The third kappa shape index (κ3) is 12.5. The van der Waals surface area contributed by atoms with Gasteiger partial charge in [0.05, 0.1) is 6.10 Å². The van der Waals surface area contributed by atoms with Crippen molar-refractivity contribution in [2.24, 2.45) is 0 Å². The van der Waals surface area contributed by atoms with Crippen molar-refractivity contribution in [3.8, 4) is 0 Å². The summed E-state index contributed by atoms with van der Waals surface area (Å²) >= 11 is 0. The van der Waals surface area contributed by atoms with Gasteiger partial charge in [0.15, 0.2) is 11.6 Å². The first-order chi connectivity index (χ1) is 18.2. The summed E-state index contributed by atoms with van der Waals surface area (Å²) in [4.78, 5) is 24.5. The number of hydrogen-bond donors (Lipinski definition) is 0. The first-order valence-corrected chi connectivity index (χ1v) is 14.6. The van der Waals surface area contributed by atoms with Crippen LogP contribution in [0.3, 0.4) is 0 Å². The molecule has 0 aromatic heterocycles. The van der Waals surface area contributed by atoms with Crippen molar-refractivity contribution in [2.75, 3.05) is 6.61 Å². The molecule has 37 heavy (non-hydrogen) atoms. The lowest BCUT2D eigenvalue weighted by atomic mass is 9.93. The molecule has 1 atom stereocenters. The molecule has 0 bridgehead atoms. The highest BCUT2D eigenvalue weighted by molar-refractivity contribution is 6.10. The van der Waals surface area contributed by atoms with Crippen LogP contribution in [0.25, 0.3) is 0 Å². The quantitative estimate of drug-likeness (QED) is 0.0910. The first-order valence-electron chi connectivity index (χ1n) is 14.6. The summed E-state index contributed by atoms with van der Waals surface area (Å²) in [5, 5.41) is 0. The average molecular weight is 505 g/mol. The molecule has 0 aliphatic rings. The number of ether oxygens (including phenoxy) is 1. The van der Waals surface area contributed by atoms with Crippen LogP contribution in [0.2, 0.25) is 0 Å². The smallest absolute Gasteiger partial charge is 0.193 e. The molecule has 0 amide bonds. The molecule has 0 radical (unpaired) electrons. The van der Waals surface area contributed by atoms with E-state index >= 15 is 0 Å². The van der Waals surface area contributed by atoms with Gasteiger partial charge in [-0.3, -0.25) is 9.59 Å². The maximum absolute atomic E-state index is 13.3. The van der Waals surface area contributed by atoms with Gasteiger partial charge in [0, 0.05) is 24.2 Å². The molecule has 202 valence electrons. The third-order valence-corrected chi connectivity index (χ3v) is 7.02. The molecular formula is C34H48O3. The van der Waals surface area contributed by atoms with Crippen molar-refractivity contribution in [3.63, 3.8) is 0 Å². The van der Waals surface area contributed by atoms with E-state index in [0.29, 0.717) is 6.42 Å². The predicted octanol–water partition coefficient (Wildman–Crippen LogP) is 9.60. The Morgan fingerprint density at radius 1 is 0.757 bits per heavy atom. The fourth-order valence-corrected chi connectivity index (χ4v) is 4.78. The van der Waals surface area contributed by atoms with E-state index in [1.54, 1.807) is 0 Å². The van der Waals surface area contributed by atoms with Crippen LogP contribution in [-0.2, 0) is 9.53 Å². The van der Waals surface area contributed by atoms with Crippen LogP contribution in [0.15, 0.2) is 67.3 Å². The standard InChI is InChI=1S/C34H48O3/c1-3-5-21-28-37-33(27-18-13-11-9-7-6-8-10-12-17-24-30(35)4-2)31-25-19-20-26-32(31)34(36)29-22-15-14-16-23-29/h4,14-16,19-20,22-23,25-26,33H,2-3,5-13,17-18,21,24,27-28H2,1H3. The van der Waals surface area contributed by atoms with E-state index in [1.807, 2.05) is 48.5 Å². The van der Waals surface area contributed by atoms with E-state index < -0.39 is 0 Å². The second-order valence-electron chi connectivity index (χ2n) is 10.1. The van der Waals surface area contributed by atoms with Crippen LogP contribution in [0.1, 0.15) is 131 Å². The summed E-state index contributed by atoms with van der Waals surface area (Å²) in [5.74, 6) is 0.241. The second-order valence-corrected chi connectivity index (χ2v) is 10.1. The van der Waals surface area contributed by atoms with Crippen molar-refractivity contribution in [3.05, 3.63) is 83.9 Å². The molecule has 2 rings (SSSR count). The Labute approximate surface area is 225 Å². The van der Waals surface area contributed by atoms with E-state index in [9.17, 15) is 9.59 Å². The first kappa shape index (κ1) is 30.7. The molecule has 0 fully saturated rings. The van der Waals surface area contributed by atoms with Crippen LogP contribution in [0, 0.1) is 0 Å². The van der Waals surface area contributed by atoms with Crippen LogP contribution < -0.4 is 0 Å². The molecule has 3 nitrogen and oxygen atoms in total. The number of allylic oxidation sites excluding steroid dienone is 1. The minimum Gasteiger partial charge on any atom is -0.374 e. The zero-order valence-corrected chi connectivity index (χ0v) is 23.1. The van der Waals surface area contributed by atoms with Gasteiger partial charge >= 0.3 is 0 Å². The number of carbonyl (C=O) groups excluding carboxylic acids is 2. The topological polar surface area (TPSA) is 43.4 Å². The second kappa shape index (κ2) is 19.6. The number of hydrogen-bond acceptors (Lipinski definition) is 3. The minimum absolute atomic E-state index is 0.0336. The van der Waals surface area contributed by atoms with E-state index in [4.69, 9.17) is 4.74 Å². The molecule has 0 saturated heterocycles. The fourth-order valence-electron chi connectivity index (χ4n) is 4.78. The van der Waals surface area contributed by atoms with E-state index in [1.165, 1.54) is 63.9 Å². The van der Waals surface area contributed by atoms with Gasteiger partial charge in [-0.05, 0) is 30.9 Å². The third-order valence-electron chi connectivity index (χ3n) is 7.02. The van der Waals surface area contributed by atoms with Crippen molar-refractivity contribution >= 4 is 11.6 Å². The molecule has 1 unspecified atom stereocenters. The Morgan fingerprint density at radius 2 is 1.35 bits per heavy atom. The van der Waals surface area contributed by atoms with Gasteiger partial charge in [0.25, 0.3) is 0 Å². The Bertz CT molecular complexity index is 902. The van der Waals surface area contributed by atoms with Crippen molar-refractivity contribution in [1.29, 1.82) is 0 Å². The number of ketones is 2. The van der Waals surface area contributed by atoms with Gasteiger partial charge in [0.2, 0.25) is 0 Å². The molecule has 0 saturated carbocycles.